The first-order chi connectivity index (χ1) is 15.4. The highest BCUT2D eigenvalue weighted by molar-refractivity contribution is 5.80. The van der Waals surface area contributed by atoms with Crippen molar-refractivity contribution in [1.29, 1.82) is 0 Å². The smallest absolute Gasteiger partial charge is 0.315 e. The van der Waals surface area contributed by atoms with E-state index in [1.54, 1.807) is 6.20 Å². The monoisotopic (exact) mass is 443 g/mol. The first-order valence-electron chi connectivity index (χ1n) is 11.0. The Labute approximate surface area is 185 Å². The maximum atomic E-state index is 13.1. The van der Waals surface area contributed by atoms with E-state index in [0.29, 0.717) is 12.8 Å². The first-order valence-corrected chi connectivity index (χ1v) is 11.0. The van der Waals surface area contributed by atoms with E-state index < -0.39 is 12.3 Å². The Balaban J connectivity index is 1.36. The van der Waals surface area contributed by atoms with Crippen LogP contribution in [0.3, 0.4) is 0 Å². The topological polar surface area (TPSA) is 89.2 Å². The molecule has 3 N–H and O–H groups in total. The Kier molecular flexibility index (Phi) is 5.32. The fourth-order valence-corrected chi connectivity index (χ4v) is 5.31. The maximum Gasteiger partial charge on any atom is 0.315 e. The minimum absolute atomic E-state index is 0.113. The minimum atomic E-state index is -2.94. The van der Waals surface area contributed by atoms with Gasteiger partial charge in [0, 0.05) is 54.8 Å². The van der Waals surface area contributed by atoms with Crippen LogP contribution in [0, 0.1) is 6.92 Å². The summed E-state index contributed by atoms with van der Waals surface area (Å²) >= 11 is 0. The summed E-state index contributed by atoms with van der Waals surface area (Å²) in [6.07, 6.45) is 3.58. The van der Waals surface area contributed by atoms with E-state index in [1.807, 2.05) is 38.2 Å². The number of amides is 1. The summed E-state index contributed by atoms with van der Waals surface area (Å²) in [7, 11) is 2.00. The number of carbonyl (C=O) groups is 1. The molecule has 32 heavy (non-hydrogen) atoms. The molecule has 10 heteroatoms. The zero-order valence-electron chi connectivity index (χ0n) is 18.1. The van der Waals surface area contributed by atoms with Crippen LogP contribution in [-0.4, -0.2) is 62.5 Å². The molecule has 2 unspecified atom stereocenters. The standard InChI is InChI=1S/C22H27F2N7O/c1-12-8-18(29-28-12)27-19-11-17-16(4-3-7-25-17)21(30(19)2)26-13-9-14-5-6-15(10-13)31(14)22(32)20(23)24/h3-4,7-8,11,13-15,20-21,26H,5-6,9-10H2,1-2H3,(H2,27,28,29)/t13?,14-,15+,21?. The van der Waals surface area contributed by atoms with Gasteiger partial charge in [0.2, 0.25) is 0 Å². The maximum absolute atomic E-state index is 13.1. The van der Waals surface area contributed by atoms with Crippen LogP contribution in [0.1, 0.15) is 48.8 Å². The molecule has 0 aliphatic carbocycles. The Morgan fingerprint density at radius 1 is 1.28 bits per heavy atom. The Morgan fingerprint density at radius 2 is 2.03 bits per heavy atom. The number of alkyl halides is 2. The molecule has 2 aromatic rings. The van der Waals surface area contributed by atoms with Crippen LogP contribution < -0.4 is 10.6 Å². The lowest BCUT2D eigenvalue weighted by molar-refractivity contribution is -0.147. The van der Waals surface area contributed by atoms with Gasteiger partial charge in [-0.2, -0.15) is 13.9 Å². The summed E-state index contributed by atoms with van der Waals surface area (Å²) < 4.78 is 26.1. The van der Waals surface area contributed by atoms with Gasteiger partial charge in [0.25, 0.3) is 5.91 Å². The van der Waals surface area contributed by atoms with Gasteiger partial charge >= 0.3 is 6.43 Å². The zero-order valence-corrected chi connectivity index (χ0v) is 18.1. The molecule has 2 aromatic heterocycles. The SMILES string of the molecule is Cc1cc(NC2=Cc3ncccc3C(NC3C[C@H]4CC[C@@H](C3)N4C(=O)C(F)F)N2C)n[nH]1. The lowest BCUT2D eigenvalue weighted by atomic mass is 9.95. The molecule has 5 heterocycles. The fraction of sp³-hybridized carbons (Fsp3) is 0.500. The van der Waals surface area contributed by atoms with Gasteiger partial charge in [-0.3, -0.25) is 20.2 Å². The molecular formula is C22H27F2N7O. The summed E-state index contributed by atoms with van der Waals surface area (Å²) in [5.74, 6) is 0.549. The molecular weight excluding hydrogens is 416 g/mol. The van der Waals surface area contributed by atoms with Crippen molar-refractivity contribution in [2.75, 3.05) is 12.4 Å². The van der Waals surface area contributed by atoms with Crippen molar-refractivity contribution in [3.05, 3.63) is 47.2 Å². The number of halogens is 2. The number of aromatic amines is 1. The molecule has 2 saturated heterocycles. The van der Waals surface area contributed by atoms with Crippen molar-refractivity contribution in [3.8, 4) is 0 Å². The van der Waals surface area contributed by atoms with Crippen LogP contribution in [0.4, 0.5) is 14.6 Å². The third-order valence-electron chi connectivity index (χ3n) is 6.74. The third-order valence-corrected chi connectivity index (χ3v) is 6.74. The second-order valence-corrected chi connectivity index (χ2v) is 8.85. The van der Waals surface area contributed by atoms with Gasteiger partial charge in [0.15, 0.2) is 5.82 Å². The highest BCUT2D eigenvalue weighted by atomic mass is 19.3. The summed E-state index contributed by atoms with van der Waals surface area (Å²) in [6, 6.07) is 5.75. The number of H-pyrrole nitrogens is 1. The molecule has 3 aliphatic heterocycles. The molecule has 5 rings (SSSR count). The molecule has 0 spiro atoms. The molecule has 0 aromatic carbocycles. The lowest BCUT2D eigenvalue weighted by Gasteiger charge is -2.43. The summed E-state index contributed by atoms with van der Waals surface area (Å²) in [6.45, 7) is 1.94. The molecule has 0 saturated carbocycles. The van der Waals surface area contributed by atoms with Gasteiger partial charge in [-0.05, 0) is 38.7 Å². The highest BCUT2D eigenvalue weighted by Crippen LogP contribution is 2.38. The number of hydrogen-bond acceptors (Lipinski definition) is 6. The van der Waals surface area contributed by atoms with Crippen LogP contribution >= 0.6 is 0 Å². The van der Waals surface area contributed by atoms with E-state index in [4.69, 9.17) is 0 Å². The van der Waals surface area contributed by atoms with E-state index in [0.717, 1.165) is 41.4 Å². The molecule has 4 atom stereocenters. The zero-order chi connectivity index (χ0) is 22.4. The highest BCUT2D eigenvalue weighted by Gasteiger charge is 2.46. The van der Waals surface area contributed by atoms with Crippen molar-refractivity contribution in [1.82, 2.24) is 30.3 Å². The Bertz CT molecular complexity index is 1020. The van der Waals surface area contributed by atoms with Crippen molar-refractivity contribution < 1.29 is 13.6 Å². The second-order valence-electron chi connectivity index (χ2n) is 8.85. The quantitative estimate of drug-likeness (QED) is 0.659. The van der Waals surface area contributed by atoms with E-state index in [-0.39, 0.29) is 24.3 Å². The molecule has 2 fully saturated rings. The van der Waals surface area contributed by atoms with Crippen LogP contribution in [0.25, 0.3) is 6.08 Å². The van der Waals surface area contributed by atoms with Crippen LogP contribution in [0.5, 0.6) is 0 Å². The van der Waals surface area contributed by atoms with Gasteiger partial charge in [-0.15, -0.1) is 0 Å². The molecule has 2 bridgehead atoms. The number of anilines is 1. The van der Waals surface area contributed by atoms with Gasteiger partial charge in [0.1, 0.15) is 12.0 Å². The van der Waals surface area contributed by atoms with Crippen molar-refractivity contribution >= 4 is 17.8 Å². The number of rotatable bonds is 5. The Hall–Kier alpha value is -3.01. The van der Waals surface area contributed by atoms with E-state index in [2.05, 4.69) is 30.7 Å². The van der Waals surface area contributed by atoms with E-state index >= 15 is 0 Å². The largest absolute Gasteiger partial charge is 0.341 e. The van der Waals surface area contributed by atoms with E-state index in [1.165, 1.54) is 4.90 Å². The average Bonchev–Trinajstić information content (AvgIpc) is 3.29. The van der Waals surface area contributed by atoms with Gasteiger partial charge < -0.3 is 15.1 Å². The number of carbonyl (C=O) groups excluding carboxylic acids is 1. The molecule has 170 valence electrons. The molecule has 3 aliphatic rings. The molecule has 8 nitrogen and oxygen atoms in total. The third kappa shape index (κ3) is 3.72. The normalized spacial score (nSPS) is 26.8. The number of nitrogens with zero attached hydrogens (tertiary/aromatic N) is 4. The predicted molar refractivity (Wildman–Crippen MR) is 115 cm³/mol. The number of hydrogen-bond donors (Lipinski definition) is 3. The number of aryl methyl sites for hydroxylation is 1. The van der Waals surface area contributed by atoms with Gasteiger partial charge in [-0.25, -0.2) is 0 Å². The van der Waals surface area contributed by atoms with Crippen LogP contribution in [0.15, 0.2) is 30.2 Å². The number of aromatic nitrogens is 3. The number of nitrogens with one attached hydrogen (secondary N) is 3. The first kappa shape index (κ1) is 20.9. The number of fused-ring (bicyclic) bond motifs is 3. The fourth-order valence-electron chi connectivity index (χ4n) is 5.31. The van der Waals surface area contributed by atoms with Crippen molar-refractivity contribution in [2.24, 2.45) is 0 Å². The van der Waals surface area contributed by atoms with E-state index in [9.17, 15) is 13.6 Å². The predicted octanol–water partition coefficient (Wildman–Crippen LogP) is 2.84. The summed E-state index contributed by atoms with van der Waals surface area (Å²) in [5, 5.41) is 14.3. The average molecular weight is 444 g/mol. The lowest BCUT2D eigenvalue weighted by Crippen LogP contribution is -2.55. The number of piperidine rings is 1. The summed E-state index contributed by atoms with van der Waals surface area (Å²) in [4.78, 5) is 20.1. The minimum Gasteiger partial charge on any atom is -0.341 e. The molecule has 1 amide bonds. The summed E-state index contributed by atoms with van der Waals surface area (Å²) in [5.41, 5.74) is 2.88. The Morgan fingerprint density at radius 3 is 2.69 bits per heavy atom. The second kappa shape index (κ2) is 8.16. The van der Waals surface area contributed by atoms with Gasteiger partial charge in [0.05, 0.1) is 5.69 Å². The van der Waals surface area contributed by atoms with Crippen LogP contribution in [-0.2, 0) is 4.79 Å². The van der Waals surface area contributed by atoms with Crippen LogP contribution in [0.2, 0.25) is 0 Å². The van der Waals surface area contributed by atoms with Crippen molar-refractivity contribution in [3.63, 3.8) is 0 Å². The van der Waals surface area contributed by atoms with Crippen molar-refractivity contribution in [2.45, 2.75) is 63.3 Å². The molecule has 0 radical (unpaired) electrons. The van der Waals surface area contributed by atoms with Gasteiger partial charge in [-0.1, -0.05) is 6.07 Å². The number of pyridine rings is 1.